The van der Waals surface area contributed by atoms with Crippen molar-refractivity contribution in [2.45, 2.75) is 64.5 Å². The molecule has 1 saturated carbocycles. The second-order valence-corrected chi connectivity index (χ2v) is 10.2. The minimum absolute atomic E-state index is 0.0141. The summed E-state index contributed by atoms with van der Waals surface area (Å²) < 4.78 is 29.2. The Hall–Kier alpha value is -1.89. The van der Waals surface area contributed by atoms with Gasteiger partial charge in [-0.1, -0.05) is 31.4 Å². The monoisotopic (exact) mass is 407 g/mol. The molecule has 1 saturated heterocycles. The highest BCUT2D eigenvalue weighted by atomic mass is 32.2. The number of benzene rings is 1. The Morgan fingerprint density at radius 2 is 1.79 bits per heavy atom. The van der Waals surface area contributed by atoms with Crippen molar-refractivity contribution in [3.8, 4) is 0 Å². The van der Waals surface area contributed by atoms with E-state index in [0.717, 1.165) is 43.2 Å². The first kappa shape index (κ1) is 20.8. The molecule has 1 aromatic rings. The Labute approximate surface area is 167 Å². The van der Waals surface area contributed by atoms with Crippen molar-refractivity contribution in [3.05, 3.63) is 34.9 Å². The maximum atomic E-state index is 13.0. The van der Waals surface area contributed by atoms with Gasteiger partial charge in [0.2, 0.25) is 0 Å². The van der Waals surface area contributed by atoms with Crippen molar-refractivity contribution in [1.29, 1.82) is 0 Å². The average molecular weight is 408 g/mol. The molecule has 2 aliphatic rings. The fourth-order valence-corrected chi connectivity index (χ4v) is 6.02. The van der Waals surface area contributed by atoms with Crippen LogP contribution >= 0.6 is 0 Å². The molecule has 0 bridgehead atoms. The SMILES string of the molecule is Cc1cccc(C(=O)OCC(=O)N(C2CCCCC2)[C@@H]2CCS(=O)(=O)C2)c1C. The molecule has 28 heavy (non-hydrogen) atoms. The number of rotatable bonds is 5. The van der Waals surface area contributed by atoms with Gasteiger partial charge < -0.3 is 9.64 Å². The number of carbonyl (C=O) groups is 2. The maximum Gasteiger partial charge on any atom is 0.338 e. The van der Waals surface area contributed by atoms with Crippen LogP contribution in [0, 0.1) is 13.8 Å². The van der Waals surface area contributed by atoms with E-state index in [1.54, 1.807) is 17.0 Å². The van der Waals surface area contributed by atoms with Crippen LogP contribution in [0.1, 0.15) is 60.0 Å². The normalized spacial score (nSPS) is 22.0. The van der Waals surface area contributed by atoms with Crippen LogP contribution in [0.2, 0.25) is 0 Å². The summed E-state index contributed by atoms with van der Waals surface area (Å²) in [5, 5.41) is 0. The molecule has 7 heteroatoms. The molecule has 0 unspecified atom stereocenters. The van der Waals surface area contributed by atoms with Crippen LogP contribution < -0.4 is 0 Å². The molecule has 0 radical (unpaired) electrons. The van der Waals surface area contributed by atoms with Crippen molar-refractivity contribution in [3.63, 3.8) is 0 Å². The summed E-state index contributed by atoms with van der Waals surface area (Å²) in [6.07, 6.45) is 5.45. The molecule has 1 amide bonds. The first-order chi connectivity index (χ1) is 13.3. The minimum atomic E-state index is -3.10. The molecule has 1 heterocycles. The maximum absolute atomic E-state index is 13.0. The third-order valence-electron chi connectivity index (χ3n) is 6.01. The zero-order chi connectivity index (χ0) is 20.3. The van der Waals surface area contributed by atoms with Gasteiger partial charge in [0.15, 0.2) is 16.4 Å². The van der Waals surface area contributed by atoms with Crippen molar-refractivity contribution in [1.82, 2.24) is 4.90 Å². The summed E-state index contributed by atoms with van der Waals surface area (Å²) in [4.78, 5) is 27.2. The summed E-state index contributed by atoms with van der Waals surface area (Å²) in [6.45, 7) is 3.42. The molecule has 154 valence electrons. The number of esters is 1. The van der Waals surface area contributed by atoms with Crippen LogP contribution in [0.25, 0.3) is 0 Å². The number of hydrogen-bond acceptors (Lipinski definition) is 5. The van der Waals surface area contributed by atoms with Gasteiger partial charge in [-0.25, -0.2) is 13.2 Å². The Balaban J connectivity index is 1.70. The zero-order valence-electron chi connectivity index (χ0n) is 16.6. The molecular weight excluding hydrogens is 378 g/mol. The van der Waals surface area contributed by atoms with Gasteiger partial charge in [-0.15, -0.1) is 0 Å². The first-order valence-electron chi connectivity index (χ1n) is 10.0. The number of hydrogen-bond donors (Lipinski definition) is 0. The predicted octanol–water partition coefficient (Wildman–Crippen LogP) is 2.81. The Bertz CT molecular complexity index is 842. The highest BCUT2D eigenvalue weighted by Gasteiger charge is 2.38. The van der Waals surface area contributed by atoms with E-state index in [1.165, 1.54) is 0 Å². The highest BCUT2D eigenvalue weighted by molar-refractivity contribution is 7.91. The quantitative estimate of drug-likeness (QED) is 0.701. The number of ether oxygens (including phenoxy) is 1. The van der Waals surface area contributed by atoms with E-state index in [-0.39, 0.29) is 36.1 Å². The molecule has 1 aromatic carbocycles. The standard InChI is InChI=1S/C21H29NO5S/c1-15-7-6-10-19(16(15)2)21(24)27-13-20(23)22(17-8-4-3-5-9-17)18-11-12-28(25,26)14-18/h6-7,10,17-18H,3-5,8-9,11-14H2,1-2H3/t18-/m1/s1. The fourth-order valence-electron chi connectivity index (χ4n) is 4.31. The van der Waals surface area contributed by atoms with Gasteiger partial charge in [0.1, 0.15) is 0 Å². The second kappa shape index (κ2) is 8.64. The molecule has 6 nitrogen and oxygen atoms in total. The van der Waals surface area contributed by atoms with E-state index in [0.29, 0.717) is 12.0 Å². The van der Waals surface area contributed by atoms with Gasteiger partial charge in [-0.05, 0) is 50.3 Å². The van der Waals surface area contributed by atoms with Gasteiger partial charge in [0.05, 0.1) is 17.1 Å². The van der Waals surface area contributed by atoms with E-state index < -0.39 is 15.8 Å². The largest absolute Gasteiger partial charge is 0.452 e. The Kier molecular flexibility index (Phi) is 6.43. The van der Waals surface area contributed by atoms with Crippen molar-refractivity contribution in [2.24, 2.45) is 0 Å². The van der Waals surface area contributed by atoms with E-state index in [1.807, 2.05) is 19.9 Å². The topological polar surface area (TPSA) is 80.8 Å². The van der Waals surface area contributed by atoms with E-state index in [9.17, 15) is 18.0 Å². The van der Waals surface area contributed by atoms with Gasteiger partial charge in [0.25, 0.3) is 5.91 Å². The van der Waals surface area contributed by atoms with Crippen LogP contribution in [0.3, 0.4) is 0 Å². The number of aryl methyl sites for hydroxylation is 1. The molecule has 1 aliphatic heterocycles. The van der Waals surface area contributed by atoms with Crippen LogP contribution in [0.4, 0.5) is 0 Å². The lowest BCUT2D eigenvalue weighted by atomic mass is 9.93. The molecule has 2 fully saturated rings. The summed E-state index contributed by atoms with van der Waals surface area (Å²) in [5.41, 5.74) is 2.28. The highest BCUT2D eigenvalue weighted by Crippen LogP contribution is 2.28. The summed E-state index contributed by atoms with van der Waals surface area (Å²) in [5.74, 6) is -0.666. The number of nitrogens with zero attached hydrogens (tertiary/aromatic N) is 1. The molecule has 1 aliphatic carbocycles. The third kappa shape index (κ3) is 4.74. The van der Waals surface area contributed by atoms with Gasteiger partial charge in [-0.3, -0.25) is 4.79 Å². The lowest BCUT2D eigenvalue weighted by molar-refractivity contribution is -0.140. The summed E-state index contributed by atoms with van der Waals surface area (Å²) >= 11 is 0. The number of sulfone groups is 1. The van der Waals surface area contributed by atoms with Gasteiger partial charge in [0, 0.05) is 12.1 Å². The summed E-state index contributed by atoms with van der Waals surface area (Å²) in [6, 6.07) is 5.14. The predicted molar refractivity (Wildman–Crippen MR) is 107 cm³/mol. The molecule has 0 aromatic heterocycles. The zero-order valence-corrected chi connectivity index (χ0v) is 17.5. The Morgan fingerprint density at radius 1 is 1.07 bits per heavy atom. The lowest BCUT2D eigenvalue weighted by Crippen LogP contribution is -2.50. The molecule has 3 rings (SSSR count). The Morgan fingerprint density at radius 3 is 2.43 bits per heavy atom. The van der Waals surface area contributed by atoms with Crippen LogP contribution in [0.15, 0.2) is 18.2 Å². The van der Waals surface area contributed by atoms with E-state index in [4.69, 9.17) is 4.74 Å². The van der Waals surface area contributed by atoms with E-state index >= 15 is 0 Å². The minimum Gasteiger partial charge on any atom is -0.452 e. The van der Waals surface area contributed by atoms with E-state index in [2.05, 4.69) is 0 Å². The molecular formula is C21H29NO5S. The van der Waals surface area contributed by atoms with Crippen molar-refractivity contribution < 1.29 is 22.7 Å². The van der Waals surface area contributed by atoms with Crippen molar-refractivity contribution in [2.75, 3.05) is 18.1 Å². The number of carbonyl (C=O) groups excluding carboxylic acids is 2. The number of amides is 1. The smallest absolute Gasteiger partial charge is 0.338 e. The molecule has 1 atom stereocenters. The van der Waals surface area contributed by atoms with Crippen LogP contribution in [0.5, 0.6) is 0 Å². The average Bonchev–Trinajstić information content (AvgIpc) is 3.02. The van der Waals surface area contributed by atoms with Gasteiger partial charge in [-0.2, -0.15) is 0 Å². The van der Waals surface area contributed by atoms with Crippen molar-refractivity contribution >= 4 is 21.7 Å². The van der Waals surface area contributed by atoms with Gasteiger partial charge >= 0.3 is 5.97 Å². The second-order valence-electron chi connectivity index (χ2n) is 7.97. The first-order valence-corrected chi connectivity index (χ1v) is 11.9. The lowest BCUT2D eigenvalue weighted by Gasteiger charge is -2.38. The molecule has 0 N–H and O–H groups in total. The fraction of sp³-hybridized carbons (Fsp3) is 0.619. The van der Waals surface area contributed by atoms with Crippen LogP contribution in [-0.2, 0) is 19.4 Å². The summed E-state index contributed by atoms with van der Waals surface area (Å²) in [7, 11) is -3.10. The van der Waals surface area contributed by atoms with Crippen LogP contribution in [-0.4, -0.2) is 55.4 Å². The molecule has 0 spiro atoms. The third-order valence-corrected chi connectivity index (χ3v) is 7.76.